The van der Waals surface area contributed by atoms with Gasteiger partial charge in [0.2, 0.25) is 0 Å². The molecular formula is C32H46BrP. The number of hydrogen-bond donors (Lipinski definition) is 0. The second kappa shape index (κ2) is 20.9. The van der Waals surface area contributed by atoms with Crippen molar-refractivity contribution in [3.05, 3.63) is 91.0 Å². The van der Waals surface area contributed by atoms with Crippen molar-refractivity contribution in [2.45, 2.75) is 90.9 Å². The fourth-order valence-corrected chi connectivity index (χ4v) is 6.40. The fraction of sp³-hybridized carbons (Fsp3) is 0.438. The smallest absolute Gasteiger partial charge is 0.0134 e. The Labute approximate surface area is 222 Å². The normalized spacial score (nSPS) is 10.3. The van der Waals surface area contributed by atoms with Crippen LogP contribution < -0.4 is 15.9 Å². The van der Waals surface area contributed by atoms with Crippen LogP contribution in [0, 0.1) is 0 Å². The van der Waals surface area contributed by atoms with Gasteiger partial charge >= 0.3 is 0 Å². The quantitative estimate of drug-likeness (QED) is 0.141. The third-order valence-electron chi connectivity index (χ3n) is 6.00. The molecule has 0 nitrogen and oxygen atoms in total. The van der Waals surface area contributed by atoms with E-state index >= 15 is 0 Å². The van der Waals surface area contributed by atoms with Gasteiger partial charge in [-0.1, -0.05) is 182 Å². The van der Waals surface area contributed by atoms with Crippen molar-refractivity contribution in [2.75, 3.05) is 0 Å². The van der Waals surface area contributed by atoms with E-state index in [9.17, 15) is 0 Å². The Morgan fingerprint density at radius 2 is 0.618 bits per heavy atom. The van der Waals surface area contributed by atoms with Crippen LogP contribution in [0.15, 0.2) is 91.0 Å². The Bertz CT molecular complexity index is 698. The number of hydrogen-bond acceptors (Lipinski definition) is 0. The summed E-state index contributed by atoms with van der Waals surface area (Å²) in [5.74, 6) is 0. The molecular weight excluding hydrogens is 495 g/mol. The Kier molecular flexibility index (Phi) is 18.8. The zero-order valence-corrected chi connectivity index (χ0v) is 24.1. The molecule has 3 aromatic carbocycles. The van der Waals surface area contributed by atoms with Crippen LogP contribution in [-0.4, -0.2) is 0 Å². The first kappa shape index (κ1) is 30.6. The Balaban J connectivity index is 0.000000348. The van der Waals surface area contributed by atoms with E-state index in [1.54, 1.807) is 0 Å². The molecule has 0 bridgehead atoms. The summed E-state index contributed by atoms with van der Waals surface area (Å²) in [4.78, 5) is 0. The van der Waals surface area contributed by atoms with Crippen LogP contribution >= 0.6 is 24.9 Å². The maximum absolute atomic E-state index is 2.29. The Morgan fingerprint density at radius 1 is 0.382 bits per heavy atom. The summed E-state index contributed by atoms with van der Waals surface area (Å²) in [5, 5.41) is 4.19. The highest BCUT2D eigenvalue weighted by atomic mass is 79.9. The summed E-state index contributed by atoms with van der Waals surface area (Å²) in [6.45, 7) is 4.57. The van der Waals surface area contributed by atoms with E-state index in [0.29, 0.717) is 0 Å². The van der Waals surface area contributed by atoms with Gasteiger partial charge in [0.1, 0.15) is 0 Å². The molecule has 3 aromatic rings. The lowest BCUT2D eigenvalue weighted by Gasteiger charge is -2.18. The monoisotopic (exact) mass is 540 g/mol. The largest absolute Gasteiger partial charge is 0.114 e. The molecule has 0 saturated carbocycles. The van der Waals surface area contributed by atoms with Crippen LogP contribution in [0.1, 0.15) is 90.9 Å². The lowest BCUT2D eigenvalue weighted by molar-refractivity contribution is 0.548. The predicted molar refractivity (Wildman–Crippen MR) is 162 cm³/mol. The van der Waals surface area contributed by atoms with Crippen LogP contribution in [0.5, 0.6) is 0 Å². The summed E-state index contributed by atoms with van der Waals surface area (Å²) < 4.78 is 0. The highest BCUT2D eigenvalue weighted by Crippen LogP contribution is 2.32. The first-order valence-electron chi connectivity index (χ1n) is 13.3. The van der Waals surface area contributed by atoms with Gasteiger partial charge in [-0.25, -0.2) is 0 Å². The highest BCUT2D eigenvalue weighted by Gasteiger charge is 2.14. The first-order chi connectivity index (χ1) is 16.4. The molecule has 0 heterocycles. The van der Waals surface area contributed by atoms with Gasteiger partial charge in [-0.2, -0.15) is 0 Å². The van der Waals surface area contributed by atoms with Gasteiger partial charge < -0.3 is 0 Å². The maximum atomic E-state index is 2.29. The standard InChI is InChI=1S/C18H15P.C14H30.BrH/c1-4-10-16(11-5-1)19(17-12-6-2-7-13-17)18-14-8-3-9-15-18;1-3-5-7-9-11-13-14-12-10-8-6-4-2;/h1-15H;3-14H2,1-2H3;1H. The number of unbranched alkanes of at least 4 members (excludes halogenated alkanes) is 11. The van der Waals surface area contributed by atoms with E-state index in [4.69, 9.17) is 0 Å². The average Bonchev–Trinajstić information content (AvgIpc) is 2.88. The minimum absolute atomic E-state index is 0. The van der Waals surface area contributed by atoms with Gasteiger partial charge in [0.25, 0.3) is 0 Å². The van der Waals surface area contributed by atoms with Crippen molar-refractivity contribution in [3.63, 3.8) is 0 Å². The van der Waals surface area contributed by atoms with Gasteiger partial charge in [-0.15, -0.1) is 17.0 Å². The number of halogens is 1. The summed E-state index contributed by atoms with van der Waals surface area (Å²) >= 11 is 0. The molecule has 0 aliphatic carbocycles. The van der Waals surface area contributed by atoms with E-state index in [1.165, 1.54) is 93.0 Å². The van der Waals surface area contributed by atoms with E-state index in [2.05, 4.69) is 105 Å². The van der Waals surface area contributed by atoms with E-state index in [0.717, 1.165) is 0 Å². The summed E-state index contributed by atoms with van der Waals surface area (Å²) in [6, 6.07) is 32.3. The van der Waals surface area contributed by atoms with Crippen molar-refractivity contribution >= 4 is 40.8 Å². The molecule has 0 atom stereocenters. The van der Waals surface area contributed by atoms with E-state index in [1.807, 2.05) is 0 Å². The Morgan fingerprint density at radius 3 is 0.853 bits per heavy atom. The molecule has 186 valence electrons. The third kappa shape index (κ3) is 12.9. The first-order valence-corrected chi connectivity index (χ1v) is 14.7. The molecule has 0 fully saturated rings. The van der Waals surface area contributed by atoms with Gasteiger partial charge in [0, 0.05) is 0 Å². The second-order valence-electron chi connectivity index (χ2n) is 8.88. The number of benzene rings is 3. The maximum Gasteiger partial charge on any atom is -0.0134 e. The lowest BCUT2D eigenvalue weighted by atomic mass is 10.1. The highest BCUT2D eigenvalue weighted by molar-refractivity contribution is 8.93. The minimum atomic E-state index is -0.446. The molecule has 0 saturated heterocycles. The minimum Gasteiger partial charge on any atom is -0.114 e. The lowest BCUT2D eigenvalue weighted by Crippen LogP contribution is -2.20. The second-order valence-corrected chi connectivity index (χ2v) is 11.1. The van der Waals surface area contributed by atoms with Gasteiger partial charge in [0.15, 0.2) is 0 Å². The summed E-state index contributed by atoms with van der Waals surface area (Å²) in [6.07, 6.45) is 17.4. The SMILES string of the molecule is Br.CCCCCCCCCCCCCC.c1ccc(P(c2ccccc2)c2ccccc2)cc1. The zero-order chi connectivity index (χ0) is 23.4. The van der Waals surface area contributed by atoms with Gasteiger partial charge in [0.05, 0.1) is 0 Å². The van der Waals surface area contributed by atoms with Crippen LogP contribution in [0.25, 0.3) is 0 Å². The summed E-state index contributed by atoms with van der Waals surface area (Å²) in [7, 11) is -0.446. The fourth-order valence-electron chi connectivity index (χ4n) is 4.09. The molecule has 2 heteroatoms. The van der Waals surface area contributed by atoms with Crippen LogP contribution in [0.4, 0.5) is 0 Å². The van der Waals surface area contributed by atoms with E-state index < -0.39 is 7.92 Å². The topological polar surface area (TPSA) is 0 Å². The predicted octanol–water partition coefficient (Wildman–Crippen LogP) is 9.73. The number of rotatable bonds is 14. The van der Waals surface area contributed by atoms with Crippen molar-refractivity contribution in [2.24, 2.45) is 0 Å². The van der Waals surface area contributed by atoms with Crippen LogP contribution in [-0.2, 0) is 0 Å². The van der Waals surface area contributed by atoms with Gasteiger partial charge in [-0.3, -0.25) is 0 Å². The molecule has 0 unspecified atom stereocenters. The van der Waals surface area contributed by atoms with Crippen molar-refractivity contribution in [1.82, 2.24) is 0 Å². The summed E-state index contributed by atoms with van der Waals surface area (Å²) in [5.41, 5.74) is 0. The molecule has 0 aliphatic rings. The van der Waals surface area contributed by atoms with E-state index in [-0.39, 0.29) is 17.0 Å². The van der Waals surface area contributed by atoms with Crippen LogP contribution in [0.3, 0.4) is 0 Å². The molecule has 34 heavy (non-hydrogen) atoms. The molecule has 0 aliphatic heterocycles. The molecule has 0 N–H and O–H groups in total. The molecule has 3 rings (SSSR count). The van der Waals surface area contributed by atoms with Crippen molar-refractivity contribution in [3.8, 4) is 0 Å². The average molecular weight is 542 g/mol. The van der Waals surface area contributed by atoms with Crippen molar-refractivity contribution in [1.29, 1.82) is 0 Å². The molecule has 0 spiro atoms. The van der Waals surface area contributed by atoms with Gasteiger partial charge in [-0.05, 0) is 23.8 Å². The molecule has 0 radical (unpaired) electrons. The Hall–Kier alpha value is -1.43. The molecule has 0 amide bonds. The van der Waals surface area contributed by atoms with Crippen molar-refractivity contribution < 1.29 is 0 Å². The third-order valence-corrected chi connectivity index (χ3v) is 8.44. The zero-order valence-electron chi connectivity index (χ0n) is 21.5. The molecule has 0 aromatic heterocycles. The van der Waals surface area contributed by atoms with Crippen LogP contribution in [0.2, 0.25) is 0 Å².